The molecule has 1 aromatic rings. The maximum absolute atomic E-state index is 5.20. The molecule has 102 valence electrons. The summed E-state index contributed by atoms with van der Waals surface area (Å²) >= 11 is 0. The molecule has 0 aliphatic heterocycles. The van der Waals surface area contributed by atoms with Gasteiger partial charge in [0, 0.05) is 11.6 Å². The third-order valence-electron chi connectivity index (χ3n) is 3.90. The standard InChI is InChI=1S/C17H23NO/c1-4-17(12-6-5-7-13-17)18-14(2)15-8-10-16(19-3)11-9-15/h5-12,14,18H,4,13H2,1-3H3. The number of rotatable bonds is 5. The van der Waals surface area contributed by atoms with Crippen molar-refractivity contribution in [3.05, 3.63) is 54.1 Å². The largest absolute Gasteiger partial charge is 0.497 e. The first-order valence-electron chi connectivity index (χ1n) is 6.95. The van der Waals surface area contributed by atoms with Crippen LogP contribution >= 0.6 is 0 Å². The Morgan fingerprint density at radius 2 is 2.00 bits per heavy atom. The van der Waals surface area contributed by atoms with Gasteiger partial charge in [0.2, 0.25) is 0 Å². The highest BCUT2D eigenvalue weighted by atomic mass is 16.5. The lowest BCUT2D eigenvalue weighted by Gasteiger charge is -2.35. The Balaban J connectivity index is 2.08. The lowest BCUT2D eigenvalue weighted by Crippen LogP contribution is -2.44. The van der Waals surface area contributed by atoms with Gasteiger partial charge in [0.25, 0.3) is 0 Å². The number of methoxy groups -OCH3 is 1. The molecule has 1 aromatic carbocycles. The fraction of sp³-hybridized carbons (Fsp3) is 0.412. The molecule has 1 aliphatic carbocycles. The second kappa shape index (κ2) is 6.07. The molecule has 2 unspecified atom stereocenters. The first kappa shape index (κ1) is 13.9. The van der Waals surface area contributed by atoms with Crippen molar-refractivity contribution in [2.45, 2.75) is 38.3 Å². The van der Waals surface area contributed by atoms with Gasteiger partial charge in [0.15, 0.2) is 0 Å². The Hall–Kier alpha value is -1.54. The van der Waals surface area contributed by atoms with Crippen LogP contribution in [-0.4, -0.2) is 12.6 Å². The molecule has 0 fully saturated rings. The van der Waals surface area contributed by atoms with E-state index in [0.29, 0.717) is 6.04 Å². The van der Waals surface area contributed by atoms with Crippen LogP contribution in [0.25, 0.3) is 0 Å². The van der Waals surface area contributed by atoms with Crippen LogP contribution in [0.2, 0.25) is 0 Å². The van der Waals surface area contributed by atoms with E-state index < -0.39 is 0 Å². The average Bonchev–Trinajstić information content (AvgIpc) is 2.48. The molecule has 2 rings (SSSR count). The van der Waals surface area contributed by atoms with E-state index >= 15 is 0 Å². The van der Waals surface area contributed by atoms with E-state index in [1.54, 1.807) is 7.11 Å². The number of benzene rings is 1. The van der Waals surface area contributed by atoms with Crippen molar-refractivity contribution in [2.24, 2.45) is 0 Å². The molecule has 2 heteroatoms. The number of hydrogen-bond acceptors (Lipinski definition) is 2. The molecule has 19 heavy (non-hydrogen) atoms. The summed E-state index contributed by atoms with van der Waals surface area (Å²) < 4.78 is 5.20. The van der Waals surface area contributed by atoms with Gasteiger partial charge in [-0.3, -0.25) is 0 Å². The highest BCUT2D eigenvalue weighted by molar-refractivity contribution is 5.30. The van der Waals surface area contributed by atoms with Crippen molar-refractivity contribution < 1.29 is 4.74 Å². The summed E-state index contributed by atoms with van der Waals surface area (Å²) in [4.78, 5) is 0. The van der Waals surface area contributed by atoms with Crippen LogP contribution in [0.3, 0.4) is 0 Å². The van der Waals surface area contributed by atoms with E-state index in [-0.39, 0.29) is 5.54 Å². The lowest BCUT2D eigenvalue weighted by atomic mass is 9.87. The molecule has 1 N–H and O–H groups in total. The summed E-state index contributed by atoms with van der Waals surface area (Å²) in [6.07, 6.45) is 10.9. The molecule has 1 aliphatic rings. The smallest absolute Gasteiger partial charge is 0.118 e. The van der Waals surface area contributed by atoms with Crippen LogP contribution in [0.4, 0.5) is 0 Å². The maximum atomic E-state index is 5.20. The second-order valence-electron chi connectivity index (χ2n) is 5.14. The summed E-state index contributed by atoms with van der Waals surface area (Å²) in [5.41, 5.74) is 1.38. The van der Waals surface area contributed by atoms with Crippen LogP contribution in [0.15, 0.2) is 48.6 Å². The van der Waals surface area contributed by atoms with E-state index in [1.807, 2.05) is 12.1 Å². The van der Waals surface area contributed by atoms with Crippen molar-refractivity contribution >= 4 is 0 Å². The predicted octanol–water partition coefficient (Wildman–Crippen LogP) is 4.01. The van der Waals surface area contributed by atoms with E-state index in [2.05, 4.69) is 55.6 Å². The van der Waals surface area contributed by atoms with Gasteiger partial charge in [-0.25, -0.2) is 0 Å². The van der Waals surface area contributed by atoms with E-state index in [9.17, 15) is 0 Å². The van der Waals surface area contributed by atoms with Gasteiger partial charge in [-0.2, -0.15) is 0 Å². The highest BCUT2D eigenvalue weighted by Crippen LogP contribution is 2.26. The second-order valence-corrected chi connectivity index (χ2v) is 5.14. The normalized spacial score (nSPS) is 23.3. The molecular weight excluding hydrogens is 234 g/mol. The fourth-order valence-electron chi connectivity index (χ4n) is 2.54. The third-order valence-corrected chi connectivity index (χ3v) is 3.90. The van der Waals surface area contributed by atoms with Crippen LogP contribution in [0.5, 0.6) is 5.75 Å². The van der Waals surface area contributed by atoms with Gasteiger partial charge in [-0.15, -0.1) is 0 Å². The molecule has 0 amide bonds. The Bertz CT molecular complexity index is 461. The maximum Gasteiger partial charge on any atom is 0.118 e. The van der Waals surface area contributed by atoms with Gasteiger partial charge in [0.05, 0.1) is 7.11 Å². The van der Waals surface area contributed by atoms with Crippen LogP contribution in [0.1, 0.15) is 38.3 Å². The minimum Gasteiger partial charge on any atom is -0.497 e. The third kappa shape index (κ3) is 3.27. The summed E-state index contributed by atoms with van der Waals surface area (Å²) in [6.45, 7) is 4.45. The zero-order valence-electron chi connectivity index (χ0n) is 12.0. The van der Waals surface area contributed by atoms with Crippen molar-refractivity contribution in [3.63, 3.8) is 0 Å². The molecule has 0 aromatic heterocycles. The lowest BCUT2D eigenvalue weighted by molar-refractivity contribution is 0.349. The van der Waals surface area contributed by atoms with Gasteiger partial charge in [-0.1, -0.05) is 43.4 Å². The minimum absolute atomic E-state index is 0.0914. The summed E-state index contributed by atoms with van der Waals surface area (Å²) in [5, 5.41) is 3.76. The van der Waals surface area contributed by atoms with Crippen LogP contribution < -0.4 is 10.1 Å². The number of ether oxygens (including phenoxy) is 1. The van der Waals surface area contributed by atoms with Crippen molar-refractivity contribution in [3.8, 4) is 5.75 Å². The Morgan fingerprint density at radius 3 is 2.53 bits per heavy atom. The van der Waals surface area contributed by atoms with Gasteiger partial charge >= 0.3 is 0 Å². The molecular formula is C17H23NO. The zero-order chi connectivity index (χ0) is 13.7. The first-order valence-corrected chi connectivity index (χ1v) is 6.95. The summed E-state index contributed by atoms with van der Waals surface area (Å²) in [7, 11) is 1.70. The van der Waals surface area contributed by atoms with Crippen LogP contribution in [-0.2, 0) is 0 Å². The SMILES string of the molecule is CCC1(NC(C)c2ccc(OC)cc2)C=CC=CC1. The predicted molar refractivity (Wildman–Crippen MR) is 80.5 cm³/mol. The van der Waals surface area contributed by atoms with Crippen molar-refractivity contribution in [1.29, 1.82) is 0 Å². The average molecular weight is 257 g/mol. The monoisotopic (exact) mass is 257 g/mol. The molecule has 0 saturated heterocycles. The molecule has 0 spiro atoms. The minimum atomic E-state index is 0.0914. The topological polar surface area (TPSA) is 21.3 Å². The molecule has 2 nitrogen and oxygen atoms in total. The van der Waals surface area contributed by atoms with E-state index in [1.165, 1.54) is 5.56 Å². The van der Waals surface area contributed by atoms with Crippen molar-refractivity contribution in [1.82, 2.24) is 5.32 Å². The molecule has 0 heterocycles. The Morgan fingerprint density at radius 1 is 1.26 bits per heavy atom. The summed E-state index contributed by atoms with van der Waals surface area (Å²) in [5.74, 6) is 0.904. The van der Waals surface area contributed by atoms with Gasteiger partial charge in [0.1, 0.15) is 5.75 Å². The molecule has 0 bridgehead atoms. The first-order chi connectivity index (χ1) is 9.19. The molecule has 0 saturated carbocycles. The van der Waals surface area contributed by atoms with Gasteiger partial charge < -0.3 is 10.1 Å². The fourth-order valence-corrected chi connectivity index (χ4v) is 2.54. The van der Waals surface area contributed by atoms with Crippen LogP contribution in [0, 0.1) is 0 Å². The number of hydrogen-bond donors (Lipinski definition) is 1. The Kier molecular flexibility index (Phi) is 4.43. The molecule has 0 radical (unpaired) electrons. The molecule has 2 atom stereocenters. The van der Waals surface area contributed by atoms with E-state index in [0.717, 1.165) is 18.6 Å². The number of allylic oxidation sites excluding steroid dienone is 2. The quantitative estimate of drug-likeness (QED) is 0.860. The summed E-state index contributed by atoms with van der Waals surface area (Å²) in [6, 6.07) is 8.61. The van der Waals surface area contributed by atoms with E-state index in [4.69, 9.17) is 4.74 Å². The number of nitrogens with one attached hydrogen (secondary N) is 1. The zero-order valence-corrected chi connectivity index (χ0v) is 12.0. The van der Waals surface area contributed by atoms with Gasteiger partial charge in [-0.05, 0) is 37.5 Å². The highest BCUT2D eigenvalue weighted by Gasteiger charge is 2.26. The van der Waals surface area contributed by atoms with Crippen molar-refractivity contribution in [2.75, 3.05) is 7.11 Å². The Labute approximate surface area is 116 Å².